The van der Waals surface area contributed by atoms with Crippen LogP contribution in [0.3, 0.4) is 0 Å². The lowest BCUT2D eigenvalue weighted by molar-refractivity contribution is -0.0790. The average Bonchev–Trinajstić information content (AvgIpc) is 2.57. The van der Waals surface area contributed by atoms with Crippen LogP contribution >= 0.6 is 11.8 Å². The summed E-state index contributed by atoms with van der Waals surface area (Å²) in [6.07, 6.45) is -2.56. The Kier molecular flexibility index (Phi) is 4.95. The molecule has 2 aromatic heterocycles. The molecule has 128 valence electrons. The van der Waals surface area contributed by atoms with Crippen molar-refractivity contribution < 1.29 is 28.8 Å². The minimum atomic E-state index is -1.36. The minimum Gasteiger partial charge on any atom is -0.472 e. The lowest BCUT2D eigenvalue weighted by Crippen LogP contribution is -2.50. The molecule has 0 aliphatic carbocycles. The highest BCUT2D eigenvalue weighted by molar-refractivity contribution is 7.99. The number of ether oxygens (including phenoxy) is 1. The molecule has 0 unspecified atom stereocenters. The molecule has 0 saturated carbocycles. The maximum Gasteiger partial charge on any atom is 0.255 e. The molecule has 9 heteroatoms. The molecule has 6 nitrogen and oxygen atoms in total. The van der Waals surface area contributed by atoms with Crippen molar-refractivity contribution in [1.82, 2.24) is 9.97 Å². The van der Waals surface area contributed by atoms with Crippen LogP contribution in [-0.4, -0.2) is 54.8 Å². The maximum absolute atomic E-state index is 14.1. The first-order valence-electron chi connectivity index (χ1n) is 7.06. The fourth-order valence-electron chi connectivity index (χ4n) is 2.21. The second-order valence-corrected chi connectivity index (χ2v) is 6.35. The van der Waals surface area contributed by atoms with Crippen molar-refractivity contribution in [3.63, 3.8) is 0 Å². The number of aliphatic hydroxyl groups is 3. The van der Waals surface area contributed by atoms with Crippen LogP contribution in [0.25, 0.3) is 11.3 Å². The summed E-state index contributed by atoms with van der Waals surface area (Å²) in [5.74, 6) is -1.61. The van der Waals surface area contributed by atoms with Gasteiger partial charge in [0.15, 0.2) is 11.2 Å². The van der Waals surface area contributed by atoms with Crippen molar-refractivity contribution in [2.45, 2.75) is 23.7 Å². The van der Waals surface area contributed by atoms with Gasteiger partial charge in [-0.1, -0.05) is 0 Å². The van der Waals surface area contributed by atoms with Gasteiger partial charge in [0.25, 0.3) is 5.95 Å². The minimum absolute atomic E-state index is 0.150. The highest BCUT2D eigenvalue weighted by atomic mass is 32.2. The molecule has 24 heavy (non-hydrogen) atoms. The molecule has 1 fully saturated rings. The summed E-state index contributed by atoms with van der Waals surface area (Å²) in [6, 6.07) is 5.36. The third-order valence-corrected chi connectivity index (χ3v) is 4.77. The molecule has 1 aliphatic heterocycles. The first-order chi connectivity index (χ1) is 11.5. The summed E-state index contributed by atoms with van der Waals surface area (Å²) >= 11 is 1.06. The summed E-state index contributed by atoms with van der Waals surface area (Å²) in [4.78, 5) is 7.22. The zero-order chi connectivity index (χ0) is 17.3. The normalized spacial score (nSPS) is 27.0. The zero-order valence-corrected chi connectivity index (χ0v) is 13.0. The van der Waals surface area contributed by atoms with E-state index in [0.717, 1.165) is 17.8 Å². The van der Waals surface area contributed by atoms with Gasteiger partial charge in [0.2, 0.25) is 5.95 Å². The van der Waals surface area contributed by atoms with E-state index in [2.05, 4.69) is 9.97 Å². The molecule has 1 aliphatic rings. The Morgan fingerprint density at radius 2 is 1.88 bits per heavy atom. The lowest BCUT2D eigenvalue weighted by atomic mass is 10.1. The number of thioether (sulfide) groups is 1. The topological polar surface area (TPSA) is 95.7 Å². The SMILES string of the molecule is O[C@@H]1[C@@H](O)[C@H](Oc2ccc(-c3ccc(F)nc3)nc2F)SC[C@H]1O. The monoisotopic (exact) mass is 356 g/mol. The summed E-state index contributed by atoms with van der Waals surface area (Å²) in [5.41, 5.74) is -0.245. The van der Waals surface area contributed by atoms with E-state index in [4.69, 9.17) is 4.74 Å². The Bertz CT molecular complexity index is 719. The molecule has 4 atom stereocenters. The molecule has 3 N–H and O–H groups in total. The number of rotatable bonds is 3. The number of hydrogen-bond acceptors (Lipinski definition) is 7. The summed E-state index contributed by atoms with van der Waals surface area (Å²) in [5, 5.41) is 29.0. The van der Waals surface area contributed by atoms with Gasteiger partial charge in [-0.15, -0.1) is 11.8 Å². The van der Waals surface area contributed by atoms with E-state index in [1.54, 1.807) is 0 Å². The van der Waals surface area contributed by atoms with Crippen LogP contribution in [0, 0.1) is 11.9 Å². The Hall–Kier alpha value is -1.81. The Labute approximate surface area is 140 Å². The number of hydrogen-bond donors (Lipinski definition) is 3. The fraction of sp³-hybridized carbons (Fsp3) is 0.333. The molecule has 0 spiro atoms. The van der Waals surface area contributed by atoms with Crippen LogP contribution in [0.4, 0.5) is 8.78 Å². The number of aromatic nitrogens is 2. The second kappa shape index (κ2) is 6.98. The molecule has 1 saturated heterocycles. The molecule has 0 amide bonds. The molecular formula is C15H14F2N2O4S. The van der Waals surface area contributed by atoms with Crippen LogP contribution in [0.2, 0.25) is 0 Å². The van der Waals surface area contributed by atoms with E-state index in [0.29, 0.717) is 5.56 Å². The molecule has 3 rings (SSSR count). The van der Waals surface area contributed by atoms with Crippen LogP contribution < -0.4 is 4.74 Å². The maximum atomic E-state index is 14.1. The van der Waals surface area contributed by atoms with Crippen LogP contribution in [0.5, 0.6) is 5.75 Å². The zero-order valence-electron chi connectivity index (χ0n) is 12.2. The Morgan fingerprint density at radius 3 is 2.54 bits per heavy atom. The molecular weight excluding hydrogens is 342 g/mol. The van der Waals surface area contributed by atoms with Gasteiger partial charge in [-0.3, -0.25) is 0 Å². The smallest absolute Gasteiger partial charge is 0.255 e. The largest absolute Gasteiger partial charge is 0.472 e. The van der Waals surface area contributed by atoms with E-state index < -0.39 is 35.6 Å². The fourth-order valence-corrected chi connectivity index (χ4v) is 3.32. The van der Waals surface area contributed by atoms with E-state index >= 15 is 0 Å². The Balaban J connectivity index is 1.77. The van der Waals surface area contributed by atoms with E-state index in [-0.39, 0.29) is 17.2 Å². The van der Waals surface area contributed by atoms with Crippen molar-refractivity contribution in [3.05, 3.63) is 42.4 Å². The molecule has 2 aromatic rings. The van der Waals surface area contributed by atoms with Gasteiger partial charge in [-0.2, -0.15) is 8.78 Å². The second-order valence-electron chi connectivity index (χ2n) is 5.22. The van der Waals surface area contributed by atoms with E-state index in [9.17, 15) is 24.1 Å². The van der Waals surface area contributed by atoms with Crippen LogP contribution in [-0.2, 0) is 0 Å². The number of pyridine rings is 2. The third kappa shape index (κ3) is 3.48. The van der Waals surface area contributed by atoms with Crippen LogP contribution in [0.15, 0.2) is 30.5 Å². The predicted octanol–water partition coefficient (Wildman–Crippen LogP) is 0.956. The molecule has 3 heterocycles. The van der Waals surface area contributed by atoms with E-state index in [1.807, 2.05) is 0 Å². The molecule has 0 aromatic carbocycles. The van der Waals surface area contributed by atoms with Gasteiger partial charge in [0, 0.05) is 17.5 Å². The van der Waals surface area contributed by atoms with Crippen molar-refractivity contribution in [1.29, 1.82) is 0 Å². The van der Waals surface area contributed by atoms with Crippen LogP contribution in [0.1, 0.15) is 0 Å². The van der Waals surface area contributed by atoms with Gasteiger partial charge in [-0.05, 0) is 24.3 Å². The quantitative estimate of drug-likeness (QED) is 0.705. The number of halogens is 2. The van der Waals surface area contributed by atoms with Crippen molar-refractivity contribution in [3.8, 4) is 17.0 Å². The highest BCUT2D eigenvalue weighted by Crippen LogP contribution is 2.30. The van der Waals surface area contributed by atoms with Crippen molar-refractivity contribution >= 4 is 11.8 Å². The average molecular weight is 356 g/mol. The van der Waals surface area contributed by atoms with Crippen molar-refractivity contribution in [2.75, 3.05) is 5.75 Å². The lowest BCUT2D eigenvalue weighted by Gasteiger charge is -2.34. The predicted molar refractivity (Wildman–Crippen MR) is 82.3 cm³/mol. The summed E-state index contributed by atoms with van der Waals surface area (Å²) in [6.45, 7) is 0. The number of aliphatic hydroxyl groups excluding tert-OH is 3. The van der Waals surface area contributed by atoms with Gasteiger partial charge in [0.1, 0.15) is 12.2 Å². The van der Waals surface area contributed by atoms with Gasteiger partial charge in [-0.25, -0.2) is 9.97 Å². The third-order valence-electron chi connectivity index (χ3n) is 3.54. The van der Waals surface area contributed by atoms with Gasteiger partial charge in [0.05, 0.1) is 11.8 Å². The standard InChI is InChI=1S/C15H14F2N2O4S/c16-11-4-1-7(5-18-11)8-2-3-10(14(17)19-8)23-15-13(22)12(21)9(20)6-24-15/h1-5,9,12-13,15,20-22H,6H2/t9-,12+,13-,15-/m1/s1. The summed E-state index contributed by atoms with van der Waals surface area (Å²) in [7, 11) is 0. The van der Waals surface area contributed by atoms with E-state index in [1.165, 1.54) is 24.4 Å². The highest BCUT2D eigenvalue weighted by Gasteiger charge is 2.38. The van der Waals surface area contributed by atoms with Gasteiger partial charge < -0.3 is 20.1 Å². The molecule has 0 radical (unpaired) electrons. The number of nitrogens with zero attached hydrogens (tertiary/aromatic N) is 2. The first kappa shape index (κ1) is 17.0. The van der Waals surface area contributed by atoms with Crippen molar-refractivity contribution in [2.24, 2.45) is 0 Å². The van der Waals surface area contributed by atoms with Gasteiger partial charge >= 0.3 is 0 Å². The Morgan fingerprint density at radius 1 is 1.08 bits per heavy atom. The summed E-state index contributed by atoms with van der Waals surface area (Å²) < 4.78 is 32.3. The first-order valence-corrected chi connectivity index (χ1v) is 8.11. The molecule has 0 bridgehead atoms.